The number of para-hydroxylation sites is 1. The number of nitrogen functional groups attached to an aromatic ring is 1. The fourth-order valence-corrected chi connectivity index (χ4v) is 2.21. The lowest BCUT2D eigenvalue weighted by atomic mass is 9.93. The fourth-order valence-electron chi connectivity index (χ4n) is 2.21. The van der Waals surface area contributed by atoms with Crippen LogP contribution in [-0.2, 0) is 9.59 Å². The molecule has 3 rings (SSSR count). The number of hydrogen-bond acceptors (Lipinski definition) is 5. The third-order valence-electron chi connectivity index (χ3n) is 3.13. The first-order valence-electron chi connectivity index (χ1n) is 5.64. The molecule has 1 aliphatic rings. The zero-order valence-corrected chi connectivity index (χ0v) is 9.47. The SMILES string of the molecule is Nc1cccc2c(C3CCC(=O)NC3=O)noc12. The van der Waals surface area contributed by atoms with Gasteiger partial charge in [0.2, 0.25) is 11.8 Å². The highest BCUT2D eigenvalue weighted by Gasteiger charge is 2.31. The summed E-state index contributed by atoms with van der Waals surface area (Å²) in [7, 11) is 0. The zero-order valence-electron chi connectivity index (χ0n) is 9.47. The molecule has 6 nitrogen and oxygen atoms in total. The van der Waals surface area contributed by atoms with Crippen molar-refractivity contribution in [1.29, 1.82) is 0 Å². The first-order valence-corrected chi connectivity index (χ1v) is 5.64. The second-order valence-corrected chi connectivity index (χ2v) is 4.30. The number of imide groups is 1. The second kappa shape index (κ2) is 3.83. The molecule has 0 aliphatic carbocycles. The number of rotatable bonds is 1. The van der Waals surface area contributed by atoms with Gasteiger partial charge in [-0.2, -0.15) is 0 Å². The average molecular weight is 245 g/mol. The van der Waals surface area contributed by atoms with Crippen molar-refractivity contribution in [2.24, 2.45) is 0 Å². The van der Waals surface area contributed by atoms with Crippen molar-refractivity contribution in [2.75, 3.05) is 5.73 Å². The largest absolute Gasteiger partial charge is 0.396 e. The van der Waals surface area contributed by atoms with E-state index in [2.05, 4.69) is 10.5 Å². The molecule has 6 heteroatoms. The summed E-state index contributed by atoms with van der Waals surface area (Å²) < 4.78 is 5.17. The topological polar surface area (TPSA) is 98.2 Å². The summed E-state index contributed by atoms with van der Waals surface area (Å²) in [6.07, 6.45) is 0.758. The van der Waals surface area contributed by atoms with Crippen LogP contribution in [-0.4, -0.2) is 17.0 Å². The molecule has 0 saturated carbocycles. The summed E-state index contributed by atoms with van der Waals surface area (Å²) in [5, 5.41) is 6.96. The smallest absolute Gasteiger partial charge is 0.235 e. The van der Waals surface area contributed by atoms with Crippen LogP contribution in [0.4, 0.5) is 5.69 Å². The van der Waals surface area contributed by atoms with Gasteiger partial charge in [-0.3, -0.25) is 14.9 Å². The van der Waals surface area contributed by atoms with Gasteiger partial charge in [-0.05, 0) is 18.6 Å². The Morgan fingerprint density at radius 1 is 1.39 bits per heavy atom. The molecule has 3 N–H and O–H groups in total. The molecule has 1 saturated heterocycles. The van der Waals surface area contributed by atoms with Crippen LogP contribution in [0.15, 0.2) is 22.7 Å². The van der Waals surface area contributed by atoms with Crippen molar-refractivity contribution >= 4 is 28.5 Å². The van der Waals surface area contributed by atoms with Crippen LogP contribution in [0.2, 0.25) is 0 Å². The maximum Gasteiger partial charge on any atom is 0.235 e. The average Bonchev–Trinajstić information content (AvgIpc) is 2.74. The second-order valence-electron chi connectivity index (χ2n) is 4.30. The van der Waals surface area contributed by atoms with E-state index in [0.29, 0.717) is 29.8 Å². The number of piperidine rings is 1. The van der Waals surface area contributed by atoms with E-state index in [1.165, 1.54) is 0 Å². The van der Waals surface area contributed by atoms with Gasteiger partial charge in [0.15, 0.2) is 5.58 Å². The van der Waals surface area contributed by atoms with Crippen molar-refractivity contribution in [3.05, 3.63) is 23.9 Å². The Bertz CT molecular complexity index is 647. The Morgan fingerprint density at radius 2 is 2.22 bits per heavy atom. The molecule has 1 aromatic heterocycles. The molecule has 1 aromatic carbocycles. The van der Waals surface area contributed by atoms with Crippen LogP contribution in [0.3, 0.4) is 0 Å². The van der Waals surface area contributed by atoms with Gasteiger partial charge in [-0.25, -0.2) is 0 Å². The molecule has 1 unspecified atom stereocenters. The number of fused-ring (bicyclic) bond motifs is 1. The van der Waals surface area contributed by atoms with Crippen molar-refractivity contribution in [3.8, 4) is 0 Å². The summed E-state index contributed by atoms with van der Waals surface area (Å²) >= 11 is 0. The van der Waals surface area contributed by atoms with E-state index in [1.54, 1.807) is 18.2 Å². The van der Waals surface area contributed by atoms with Gasteiger partial charge in [-0.1, -0.05) is 11.2 Å². The van der Waals surface area contributed by atoms with Crippen LogP contribution >= 0.6 is 0 Å². The summed E-state index contributed by atoms with van der Waals surface area (Å²) in [6, 6.07) is 5.30. The highest BCUT2D eigenvalue weighted by Crippen LogP contribution is 2.32. The molecule has 2 aromatic rings. The molecule has 1 fully saturated rings. The van der Waals surface area contributed by atoms with Gasteiger partial charge in [0, 0.05) is 11.8 Å². The summed E-state index contributed by atoms with van der Waals surface area (Å²) in [4.78, 5) is 22.9. The Kier molecular flexibility index (Phi) is 2.29. The minimum absolute atomic E-state index is 0.247. The molecule has 1 aliphatic heterocycles. The molecule has 1 atom stereocenters. The number of nitrogens with two attached hydrogens (primary N) is 1. The van der Waals surface area contributed by atoms with Gasteiger partial charge in [0.1, 0.15) is 5.69 Å². The van der Waals surface area contributed by atoms with Crippen LogP contribution in [0.25, 0.3) is 11.0 Å². The number of nitrogens with zero attached hydrogens (tertiary/aromatic N) is 1. The normalized spacial score (nSPS) is 20.1. The molecule has 0 radical (unpaired) electrons. The van der Waals surface area contributed by atoms with Gasteiger partial charge in [0.25, 0.3) is 0 Å². The van der Waals surface area contributed by atoms with Crippen LogP contribution in [0.5, 0.6) is 0 Å². The van der Waals surface area contributed by atoms with Crippen LogP contribution < -0.4 is 11.1 Å². The van der Waals surface area contributed by atoms with E-state index >= 15 is 0 Å². The molecule has 2 amide bonds. The van der Waals surface area contributed by atoms with Crippen LogP contribution in [0.1, 0.15) is 24.5 Å². The number of benzene rings is 1. The molecular formula is C12H11N3O3. The highest BCUT2D eigenvalue weighted by molar-refractivity contribution is 6.03. The van der Waals surface area contributed by atoms with Gasteiger partial charge in [0.05, 0.1) is 11.6 Å². The van der Waals surface area contributed by atoms with Crippen molar-refractivity contribution in [2.45, 2.75) is 18.8 Å². The molecule has 18 heavy (non-hydrogen) atoms. The lowest BCUT2D eigenvalue weighted by Crippen LogP contribution is -2.39. The van der Waals surface area contributed by atoms with E-state index in [9.17, 15) is 9.59 Å². The number of aromatic nitrogens is 1. The minimum Gasteiger partial charge on any atom is -0.396 e. The zero-order chi connectivity index (χ0) is 12.7. The molecular weight excluding hydrogens is 234 g/mol. The predicted molar refractivity (Wildman–Crippen MR) is 63.5 cm³/mol. The number of anilines is 1. The Hall–Kier alpha value is -2.37. The fraction of sp³-hybridized carbons (Fsp3) is 0.250. The van der Waals surface area contributed by atoms with Crippen molar-refractivity contribution in [1.82, 2.24) is 10.5 Å². The first kappa shape index (κ1) is 10.8. The maximum absolute atomic E-state index is 11.8. The summed E-state index contributed by atoms with van der Waals surface area (Å²) in [5.74, 6) is -1.03. The molecule has 2 heterocycles. The Morgan fingerprint density at radius 3 is 3.00 bits per heavy atom. The number of hydrogen-bond donors (Lipinski definition) is 2. The minimum atomic E-state index is -0.453. The Labute approximate surface area is 102 Å². The standard InChI is InChI=1S/C12H11N3O3/c13-8-3-1-2-6-10(15-18-11(6)8)7-4-5-9(16)14-12(7)17/h1-3,7H,4-5,13H2,(H,14,16,17). The number of carbonyl (C=O) groups is 2. The molecule has 0 spiro atoms. The van der Waals surface area contributed by atoms with E-state index in [1.807, 2.05) is 0 Å². The number of carbonyl (C=O) groups excluding carboxylic acids is 2. The molecule has 92 valence electrons. The maximum atomic E-state index is 11.8. The lowest BCUT2D eigenvalue weighted by Gasteiger charge is -2.18. The van der Waals surface area contributed by atoms with Gasteiger partial charge < -0.3 is 10.3 Å². The monoisotopic (exact) mass is 245 g/mol. The number of nitrogens with one attached hydrogen (secondary N) is 1. The van der Waals surface area contributed by atoms with Crippen LogP contribution in [0, 0.1) is 0 Å². The third-order valence-corrected chi connectivity index (χ3v) is 3.13. The highest BCUT2D eigenvalue weighted by atomic mass is 16.5. The molecule has 0 bridgehead atoms. The predicted octanol–water partition coefficient (Wildman–Crippen LogP) is 0.930. The van der Waals surface area contributed by atoms with Gasteiger partial charge in [-0.15, -0.1) is 0 Å². The summed E-state index contributed by atoms with van der Waals surface area (Å²) in [6.45, 7) is 0. The van der Waals surface area contributed by atoms with Crippen molar-refractivity contribution in [3.63, 3.8) is 0 Å². The number of amides is 2. The summed E-state index contributed by atoms with van der Waals surface area (Å²) in [5.41, 5.74) is 7.28. The van der Waals surface area contributed by atoms with Crippen molar-refractivity contribution < 1.29 is 14.1 Å². The van der Waals surface area contributed by atoms with E-state index in [-0.39, 0.29) is 11.8 Å². The lowest BCUT2D eigenvalue weighted by molar-refractivity contribution is -0.134. The third kappa shape index (κ3) is 1.54. The first-order chi connectivity index (χ1) is 8.66. The quantitative estimate of drug-likeness (QED) is 0.575. The van der Waals surface area contributed by atoms with Gasteiger partial charge >= 0.3 is 0 Å². The van der Waals surface area contributed by atoms with E-state index < -0.39 is 5.92 Å². The van der Waals surface area contributed by atoms with E-state index in [0.717, 1.165) is 5.39 Å². The Balaban J connectivity index is 2.07. The van der Waals surface area contributed by atoms with E-state index in [4.69, 9.17) is 10.3 Å².